The summed E-state index contributed by atoms with van der Waals surface area (Å²) in [7, 11) is 0. The van der Waals surface area contributed by atoms with Crippen molar-refractivity contribution < 1.29 is 14.7 Å². The fourth-order valence-electron chi connectivity index (χ4n) is 5.56. The Hall–Kier alpha value is -3.29. The summed E-state index contributed by atoms with van der Waals surface area (Å²) in [4.78, 5) is 32.8. The number of rotatable bonds is 3. The first-order valence-corrected chi connectivity index (χ1v) is 11.0. The molecule has 4 rings (SSSR count). The highest BCUT2D eigenvalue weighted by atomic mass is 16.4. The van der Waals surface area contributed by atoms with Crippen LogP contribution in [0.3, 0.4) is 0 Å². The van der Waals surface area contributed by atoms with Gasteiger partial charge in [-0.1, -0.05) is 32.9 Å². The average molecular weight is 438 g/mol. The van der Waals surface area contributed by atoms with Crippen molar-refractivity contribution in [2.24, 2.45) is 10.8 Å². The van der Waals surface area contributed by atoms with Crippen molar-refractivity contribution in [3.63, 3.8) is 0 Å². The number of carbonyl (C=O) groups excluding carboxylic acids is 1. The molecule has 8 nitrogen and oxygen atoms in total. The molecule has 0 radical (unpaired) electrons. The van der Waals surface area contributed by atoms with Gasteiger partial charge in [-0.25, -0.2) is 9.78 Å². The summed E-state index contributed by atoms with van der Waals surface area (Å²) in [6.45, 7) is 8.51. The number of anilines is 3. The third-order valence-corrected chi connectivity index (χ3v) is 6.74. The first kappa shape index (κ1) is 21.9. The summed E-state index contributed by atoms with van der Waals surface area (Å²) < 4.78 is 0. The fraction of sp³-hybridized carbons (Fsp3) is 0.458. The molecule has 170 valence electrons. The molecule has 2 aromatic rings. The Kier molecular flexibility index (Phi) is 5.48. The highest BCUT2D eigenvalue weighted by Gasteiger charge is 2.56. The molecule has 0 bridgehead atoms. The van der Waals surface area contributed by atoms with Crippen LogP contribution in [-0.4, -0.2) is 52.7 Å². The number of nitrogens with zero attached hydrogens (tertiary/aromatic N) is 3. The molecule has 8 heteroatoms. The van der Waals surface area contributed by atoms with Crippen molar-refractivity contribution in [2.75, 3.05) is 35.6 Å². The predicted molar refractivity (Wildman–Crippen MR) is 125 cm³/mol. The number of likely N-dealkylation sites (tertiary alicyclic amines) is 1. The zero-order chi connectivity index (χ0) is 23.1. The van der Waals surface area contributed by atoms with E-state index in [0.29, 0.717) is 23.5 Å². The van der Waals surface area contributed by atoms with Crippen LogP contribution in [0.15, 0.2) is 42.6 Å². The van der Waals surface area contributed by atoms with E-state index in [9.17, 15) is 14.7 Å². The molecular weight excluding hydrogens is 406 g/mol. The summed E-state index contributed by atoms with van der Waals surface area (Å²) in [5, 5.41) is 12.5. The van der Waals surface area contributed by atoms with Crippen LogP contribution >= 0.6 is 0 Å². The number of nitrogens with two attached hydrogens (primary N) is 1. The van der Waals surface area contributed by atoms with E-state index in [2.05, 4.69) is 36.0 Å². The lowest BCUT2D eigenvalue weighted by molar-refractivity contribution is 0.0615. The van der Waals surface area contributed by atoms with Crippen LogP contribution in [-0.2, 0) is 0 Å². The van der Waals surface area contributed by atoms with Crippen molar-refractivity contribution in [2.45, 2.75) is 39.7 Å². The van der Waals surface area contributed by atoms with Crippen LogP contribution in [0.2, 0.25) is 0 Å². The van der Waals surface area contributed by atoms with Crippen molar-refractivity contribution >= 4 is 29.2 Å². The predicted octanol–water partition coefficient (Wildman–Crippen LogP) is 3.91. The Bertz CT molecular complexity index is 1020. The number of pyridine rings is 1. The molecule has 3 heterocycles. The van der Waals surface area contributed by atoms with Gasteiger partial charge in [0, 0.05) is 37.3 Å². The van der Waals surface area contributed by atoms with E-state index in [1.54, 1.807) is 29.3 Å². The molecule has 2 fully saturated rings. The van der Waals surface area contributed by atoms with Gasteiger partial charge in [-0.3, -0.25) is 4.79 Å². The molecule has 32 heavy (non-hydrogen) atoms. The number of para-hydroxylation sites is 2. The number of hydrogen-bond donors (Lipinski definition) is 3. The zero-order valence-electron chi connectivity index (χ0n) is 18.8. The van der Waals surface area contributed by atoms with E-state index in [0.717, 1.165) is 31.7 Å². The maximum Gasteiger partial charge on any atom is 0.407 e. The Labute approximate surface area is 188 Å². The molecule has 0 aliphatic carbocycles. The molecular formula is C24H31N5O3. The molecule has 1 aromatic carbocycles. The van der Waals surface area contributed by atoms with Crippen LogP contribution < -0.4 is 16.0 Å². The maximum absolute atomic E-state index is 12.6. The van der Waals surface area contributed by atoms with Gasteiger partial charge in [0.25, 0.3) is 5.91 Å². The van der Waals surface area contributed by atoms with Gasteiger partial charge in [-0.2, -0.15) is 0 Å². The zero-order valence-corrected chi connectivity index (χ0v) is 18.8. The highest BCUT2D eigenvalue weighted by molar-refractivity contribution is 6.05. The summed E-state index contributed by atoms with van der Waals surface area (Å²) in [6, 6.07) is 10.7. The van der Waals surface area contributed by atoms with Gasteiger partial charge in [-0.15, -0.1) is 0 Å². The smallest absolute Gasteiger partial charge is 0.407 e. The second kappa shape index (κ2) is 8.00. The van der Waals surface area contributed by atoms with E-state index < -0.39 is 6.09 Å². The molecule has 4 N–H and O–H groups in total. The number of amides is 2. The van der Waals surface area contributed by atoms with Crippen LogP contribution in [0.5, 0.6) is 0 Å². The molecule has 2 saturated heterocycles. The minimum Gasteiger partial charge on any atom is -0.465 e. The van der Waals surface area contributed by atoms with Crippen molar-refractivity contribution in [3.05, 3.63) is 48.2 Å². The standard InChI is InChI=1S/C24H31N5O3/c1-23(2,3)21-24(11-13-29(21)22(31)32)10-12-28(15-24)19-9-8-16(14-26-19)20(30)27-18-7-5-4-6-17(18)25/h4-9,14,21H,10-13,15,25H2,1-3H3,(H,27,30)(H,31,32). The highest BCUT2D eigenvalue weighted by Crippen LogP contribution is 2.51. The summed E-state index contributed by atoms with van der Waals surface area (Å²) in [5.74, 6) is 0.541. The second-order valence-corrected chi connectivity index (χ2v) is 9.97. The maximum atomic E-state index is 12.6. The lowest BCUT2D eigenvalue weighted by Gasteiger charge is -2.42. The Morgan fingerprint density at radius 2 is 1.88 bits per heavy atom. The topological polar surface area (TPSA) is 112 Å². The average Bonchev–Trinajstić information content (AvgIpc) is 3.34. The van der Waals surface area contributed by atoms with Gasteiger partial charge in [-0.05, 0) is 42.5 Å². The van der Waals surface area contributed by atoms with E-state index in [4.69, 9.17) is 5.73 Å². The van der Waals surface area contributed by atoms with Gasteiger partial charge in [0.2, 0.25) is 0 Å². The molecule has 1 aromatic heterocycles. The fourth-order valence-corrected chi connectivity index (χ4v) is 5.56. The van der Waals surface area contributed by atoms with Gasteiger partial charge < -0.3 is 26.0 Å². The summed E-state index contributed by atoms with van der Waals surface area (Å²) >= 11 is 0. The van der Waals surface area contributed by atoms with E-state index in [-0.39, 0.29) is 22.8 Å². The number of carbonyl (C=O) groups is 2. The van der Waals surface area contributed by atoms with Gasteiger partial charge in [0.15, 0.2) is 0 Å². The second-order valence-electron chi connectivity index (χ2n) is 9.97. The first-order valence-electron chi connectivity index (χ1n) is 11.0. The van der Waals surface area contributed by atoms with Gasteiger partial charge in [0.1, 0.15) is 5.82 Å². The third-order valence-electron chi connectivity index (χ3n) is 6.74. The number of carboxylic acid groups (broad SMARTS) is 1. The summed E-state index contributed by atoms with van der Waals surface area (Å²) in [5.41, 5.74) is 7.20. The molecule has 2 aliphatic rings. The normalized spacial score (nSPS) is 23.0. The third kappa shape index (κ3) is 3.97. The van der Waals surface area contributed by atoms with E-state index >= 15 is 0 Å². The quantitative estimate of drug-likeness (QED) is 0.628. The lowest BCUT2D eigenvalue weighted by atomic mass is 9.68. The van der Waals surface area contributed by atoms with Crippen LogP contribution in [0.4, 0.5) is 22.0 Å². The largest absolute Gasteiger partial charge is 0.465 e. The molecule has 2 atom stereocenters. The molecule has 2 unspecified atom stereocenters. The van der Waals surface area contributed by atoms with E-state index in [1.807, 2.05) is 18.2 Å². The van der Waals surface area contributed by atoms with Crippen molar-refractivity contribution in [1.29, 1.82) is 0 Å². The van der Waals surface area contributed by atoms with Gasteiger partial charge in [0.05, 0.1) is 16.9 Å². The van der Waals surface area contributed by atoms with Crippen molar-refractivity contribution in [1.82, 2.24) is 9.88 Å². The van der Waals surface area contributed by atoms with E-state index in [1.165, 1.54) is 0 Å². The number of aromatic nitrogens is 1. The monoisotopic (exact) mass is 437 g/mol. The number of nitrogens with one attached hydrogen (secondary N) is 1. The number of hydrogen-bond acceptors (Lipinski definition) is 5. The Morgan fingerprint density at radius 1 is 1.16 bits per heavy atom. The van der Waals surface area contributed by atoms with Crippen molar-refractivity contribution in [3.8, 4) is 0 Å². The summed E-state index contributed by atoms with van der Waals surface area (Å²) in [6.07, 6.45) is 2.52. The molecule has 2 amide bonds. The number of nitrogen functional groups attached to an aromatic ring is 1. The Morgan fingerprint density at radius 3 is 2.50 bits per heavy atom. The molecule has 2 aliphatic heterocycles. The molecule has 1 spiro atoms. The first-order chi connectivity index (χ1) is 15.1. The Balaban J connectivity index is 1.48. The lowest BCUT2D eigenvalue weighted by Crippen LogP contribution is -2.51. The van der Waals surface area contributed by atoms with Crippen LogP contribution in [0.25, 0.3) is 0 Å². The van der Waals surface area contributed by atoms with Crippen LogP contribution in [0.1, 0.15) is 44.0 Å². The minimum atomic E-state index is -0.840. The van der Waals surface area contributed by atoms with Crippen LogP contribution in [0, 0.1) is 10.8 Å². The van der Waals surface area contributed by atoms with Gasteiger partial charge >= 0.3 is 6.09 Å². The SMILES string of the molecule is CC(C)(C)C1N(C(=O)O)CCC12CCN(c1ccc(C(=O)Nc3ccccc3N)cn1)C2. The minimum absolute atomic E-state index is 0.0427. The molecule has 0 saturated carbocycles. The number of benzene rings is 1.